The van der Waals surface area contributed by atoms with Crippen molar-refractivity contribution in [1.82, 2.24) is 4.37 Å². The summed E-state index contributed by atoms with van der Waals surface area (Å²) in [5.74, 6) is 0.451. The van der Waals surface area contributed by atoms with E-state index >= 15 is 0 Å². The minimum Gasteiger partial charge on any atom is -0.211 e. The molecule has 0 aliphatic rings. The molecule has 0 aromatic carbocycles. The average molecular weight is 140 g/mol. The molecule has 9 heavy (non-hydrogen) atoms. The number of carbonyl (C=O) groups excluding carboxylic acids is 1. The number of hydrogen-bond acceptors (Lipinski definition) is 4. The van der Waals surface area contributed by atoms with Crippen molar-refractivity contribution in [3.63, 3.8) is 0 Å². The van der Waals surface area contributed by atoms with Crippen LogP contribution in [0.3, 0.4) is 0 Å². The zero-order valence-corrected chi connectivity index (χ0v) is 5.60. The summed E-state index contributed by atoms with van der Waals surface area (Å²) in [5.41, 5.74) is 0. The molecular formula is C5H4N2OS. The van der Waals surface area contributed by atoms with Gasteiger partial charge < -0.3 is 0 Å². The fraction of sp³-hybridized carbons (Fsp3) is 0.200. The van der Waals surface area contributed by atoms with Crippen LogP contribution in [0.1, 0.15) is 4.88 Å². The average Bonchev–Trinajstić information content (AvgIpc) is 2.17. The van der Waals surface area contributed by atoms with Gasteiger partial charge in [-0.05, 0) is 24.5 Å². The van der Waals surface area contributed by atoms with Gasteiger partial charge in [-0.1, -0.05) is 0 Å². The summed E-state index contributed by atoms with van der Waals surface area (Å²) in [6.07, 6.45) is 1.42. The molecule has 1 heterocycles. The zero-order valence-electron chi connectivity index (χ0n) is 4.79. The van der Waals surface area contributed by atoms with Crippen LogP contribution in [-0.2, 0) is 4.79 Å². The van der Waals surface area contributed by atoms with Gasteiger partial charge in [0.25, 0.3) is 0 Å². The fourth-order valence-corrected chi connectivity index (χ4v) is 0.942. The second-order valence-electron chi connectivity index (χ2n) is 1.50. The van der Waals surface area contributed by atoms with Gasteiger partial charge >= 0.3 is 0 Å². The van der Waals surface area contributed by atoms with Crippen LogP contribution in [0.2, 0.25) is 0 Å². The van der Waals surface area contributed by atoms with Crippen molar-refractivity contribution in [2.45, 2.75) is 6.92 Å². The highest BCUT2D eigenvalue weighted by Gasteiger charge is 1.92. The standard InChI is InChI=1S/C5H4N2OS/c1-4-2-5(6-3-8)7-9-4/h2H,1H3. The molecule has 0 N–H and O–H groups in total. The molecule has 4 heteroatoms. The Balaban J connectivity index is 2.97. The molecule has 0 bridgehead atoms. The molecule has 3 nitrogen and oxygen atoms in total. The highest BCUT2D eigenvalue weighted by molar-refractivity contribution is 7.05. The molecule has 0 spiro atoms. The Morgan fingerprint density at radius 2 is 2.67 bits per heavy atom. The van der Waals surface area contributed by atoms with Crippen LogP contribution < -0.4 is 0 Å². The summed E-state index contributed by atoms with van der Waals surface area (Å²) >= 11 is 1.32. The van der Waals surface area contributed by atoms with Gasteiger partial charge in [0.15, 0.2) is 5.82 Å². The van der Waals surface area contributed by atoms with E-state index in [4.69, 9.17) is 0 Å². The van der Waals surface area contributed by atoms with Crippen molar-refractivity contribution < 1.29 is 4.79 Å². The van der Waals surface area contributed by atoms with Crippen LogP contribution in [0, 0.1) is 6.92 Å². The van der Waals surface area contributed by atoms with E-state index in [1.54, 1.807) is 6.07 Å². The molecule has 0 atom stereocenters. The van der Waals surface area contributed by atoms with Gasteiger partial charge in [-0.3, -0.25) is 0 Å². The molecule has 1 aromatic heterocycles. The van der Waals surface area contributed by atoms with Crippen LogP contribution in [0.25, 0.3) is 0 Å². The third kappa shape index (κ3) is 1.45. The minimum atomic E-state index is 0.451. The lowest BCUT2D eigenvalue weighted by Gasteiger charge is -1.69. The Hall–Kier alpha value is -0.990. The number of nitrogens with zero attached hydrogens (tertiary/aromatic N) is 2. The van der Waals surface area contributed by atoms with E-state index in [-0.39, 0.29) is 0 Å². The van der Waals surface area contributed by atoms with Gasteiger partial charge in [-0.2, -0.15) is 4.37 Å². The second-order valence-corrected chi connectivity index (χ2v) is 2.51. The number of hydrogen-bond donors (Lipinski definition) is 0. The predicted molar refractivity (Wildman–Crippen MR) is 34.6 cm³/mol. The normalized spacial score (nSPS) is 8.56. The van der Waals surface area contributed by atoms with Gasteiger partial charge in [-0.15, -0.1) is 4.99 Å². The molecule has 0 unspecified atom stereocenters. The number of aryl methyl sites for hydroxylation is 1. The Kier molecular flexibility index (Phi) is 1.72. The maximum absolute atomic E-state index is 9.66. The molecule has 46 valence electrons. The molecule has 0 fully saturated rings. The second kappa shape index (κ2) is 2.53. The Morgan fingerprint density at radius 1 is 1.89 bits per heavy atom. The monoisotopic (exact) mass is 140 g/mol. The summed E-state index contributed by atoms with van der Waals surface area (Å²) in [4.78, 5) is 14.0. The molecule has 1 rings (SSSR count). The number of isocyanates is 1. The zero-order chi connectivity index (χ0) is 6.69. The molecular weight excluding hydrogens is 136 g/mol. The van der Waals surface area contributed by atoms with Crippen LogP contribution in [0.5, 0.6) is 0 Å². The van der Waals surface area contributed by atoms with Crippen molar-refractivity contribution in [2.75, 3.05) is 0 Å². The van der Waals surface area contributed by atoms with Gasteiger partial charge in [0.2, 0.25) is 6.08 Å². The van der Waals surface area contributed by atoms with E-state index in [0.717, 1.165) is 4.88 Å². The van der Waals surface area contributed by atoms with Gasteiger partial charge in [0.05, 0.1) is 0 Å². The molecule has 0 aliphatic carbocycles. The third-order valence-corrected chi connectivity index (χ3v) is 1.46. The van der Waals surface area contributed by atoms with Gasteiger partial charge in [0, 0.05) is 4.88 Å². The Morgan fingerprint density at radius 3 is 3.11 bits per heavy atom. The van der Waals surface area contributed by atoms with Crippen LogP contribution in [-0.4, -0.2) is 10.5 Å². The number of aliphatic imine (C=N–C) groups is 1. The van der Waals surface area contributed by atoms with Gasteiger partial charge in [-0.25, -0.2) is 4.79 Å². The summed E-state index contributed by atoms with van der Waals surface area (Å²) in [6.45, 7) is 1.90. The largest absolute Gasteiger partial charge is 0.242 e. The van der Waals surface area contributed by atoms with Crippen LogP contribution >= 0.6 is 11.5 Å². The third-order valence-electron chi connectivity index (χ3n) is 0.776. The Labute approximate surface area is 56.2 Å². The maximum Gasteiger partial charge on any atom is 0.242 e. The first kappa shape index (κ1) is 6.13. The lowest BCUT2D eigenvalue weighted by atomic mass is 10.5. The highest BCUT2D eigenvalue weighted by Crippen LogP contribution is 2.14. The molecule has 0 aliphatic heterocycles. The lowest BCUT2D eigenvalue weighted by molar-refractivity contribution is 0.565. The SMILES string of the molecule is Cc1cc(N=C=O)ns1. The number of rotatable bonds is 1. The smallest absolute Gasteiger partial charge is 0.211 e. The van der Waals surface area contributed by atoms with E-state index in [9.17, 15) is 4.79 Å². The van der Waals surface area contributed by atoms with Crippen molar-refractivity contribution in [3.8, 4) is 0 Å². The summed E-state index contributed by atoms with van der Waals surface area (Å²) in [5, 5.41) is 0. The fourth-order valence-electron chi connectivity index (χ4n) is 0.453. The molecule has 1 aromatic rings. The molecule has 0 amide bonds. The quantitative estimate of drug-likeness (QED) is 0.437. The van der Waals surface area contributed by atoms with Crippen LogP contribution in [0.15, 0.2) is 11.1 Å². The first-order valence-corrected chi connectivity index (χ1v) is 3.11. The van der Waals surface area contributed by atoms with E-state index in [1.807, 2.05) is 6.92 Å². The van der Waals surface area contributed by atoms with Crippen LogP contribution in [0.4, 0.5) is 5.82 Å². The summed E-state index contributed by atoms with van der Waals surface area (Å²) in [7, 11) is 0. The molecule has 0 radical (unpaired) electrons. The minimum absolute atomic E-state index is 0.451. The lowest BCUT2D eigenvalue weighted by Crippen LogP contribution is -1.55. The Bertz CT molecular complexity index is 249. The molecule has 0 saturated heterocycles. The van der Waals surface area contributed by atoms with Crippen molar-refractivity contribution in [3.05, 3.63) is 10.9 Å². The highest BCUT2D eigenvalue weighted by atomic mass is 32.1. The summed E-state index contributed by atoms with van der Waals surface area (Å²) < 4.78 is 3.82. The summed E-state index contributed by atoms with van der Waals surface area (Å²) in [6, 6.07) is 1.73. The predicted octanol–water partition coefficient (Wildman–Crippen LogP) is 1.42. The van der Waals surface area contributed by atoms with E-state index in [0.29, 0.717) is 5.82 Å². The van der Waals surface area contributed by atoms with E-state index in [1.165, 1.54) is 17.6 Å². The van der Waals surface area contributed by atoms with Crippen molar-refractivity contribution in [2.24, 2.45) is 4.99 Å². The topological polar surface area (TPSA) is 42.3 Å². The van der Waals surface area contributed by atoms with Crippen molar-refractivity contribution in [1.29, 1.82) is 0 Å². The first-order valence-electron chi connectivity index (χ1n) is 2.34. The number of aromatic nitrogens is 1. The van der Waals surface area contributed by atoms with E-state index < -0.39 is 0 Å². The van der Waals surface area contributed by atoms with Gasteiger partial charge in [0.1, 0.15) is 0 Å². The molecule has 0 saturated carbocycles. The maximum atomic E-state index is 9.66. The first-order chi connectivity index (χ1) is 4.33. The van der Waals surface area contributed by atoms with Crippen molar-refractivity contribution >= 4 is 23.4 Å². The van der Waals surface area contributed by atoms with E-state index in [2.05, 4.69) is 9.37 Å².